The van der Waals surface area contributed by atoms with Crippen LogP contribution in [0.5, 0.6) is 0 Å². The number of anilines is 1. The van der Waals surface area contributed by atoms with Gasteiger partial charge in [-0.25, -0.2) is 9.78 Å². The van der Waals surface area contributed by atoms with E-state index in [-0.39, 0.29) is 30.6 Å². The van der Waals surface area contributed by atoms with Crippen molar-refractivity contribution in [2.45, 2.75) is 38.1 Å². The van der Waals surface area contributed by atoms with E-state index in [4.69, 9.17) is 9.15 Å². The Balaban J connectivity index is 1.37. The number of fused-ring (bicyclic) bond motifs is 1. The number of para-hydroxylation sites is 3. The van der Waals surface area contributed by atoms with Gasteiger partial charge in [-0.1, -0.05) is 30.3 Å². The van der Waals surface area contributed by atoms with E-state index >= 15 is 0 Å². The Morgan fingerprint density at radius 2 is 1.91 bits per heavy atom. The Bertz CT molecular complexity index is 1160. The van der Waals surface area contributed by atoms with Crippen molar-refractivity contribution in [2.24, 2.45) is 5.10 Å². The lowest BCUT2D eigenvalue weighted by atomic mass is 9.96. The molecule has 0 aliphatic carbocycles. The summed E-state index contributed by atoms with van der Waals surface area (Å²) in [4.78, 5) is 32.5. The summed E-state index contributed by atoms with van der Waals surface area (Å²) in [6.07, 6.45) is 1.99. The fraction of sp³-hybridized carbons (Fsp3) is 0.360. The third kappa shape index (κ3) is 4.20. The quantitative estimate of drug-likeness (QED) is 0.555. The average Bonchev–Trinajstić information content (AvgIpc) is 3.49. The van der Waals surface area contributed by atoms with Gasteiger partial charge in [0.25, 0.3) is 0 Å². The Morgan fingerprint density at radius 3 is 2.70 bits per heavy atom. The molecule has 1 fully saturated rings. The normalized spacial score (nSPS) is 20.7. The number of hydrazone groups is 1. The predicted molar refractivity (Wildman–Crippen MR) is 124 cm³/mol. The second-order valence-corrected chi connectivity index (χ2v) is 8.31. The first kappa shape index (κ1) is 21.2. The molecule has 1 amide bonds. The first-order valence-electron chi connectivity index (χ1n) is 11.4. The molecule has 1 saturated heterocycles. The van der Waals surface area contributed by atoms with Gasteiger partial charge in [0.05, 0.1) is 18.2 Å². The minimum atomic E-state index is -0.589. The van der Waals surface area contributed by atoms with Crippen molar-refractivity contribution in [1.82, 2.24) is 9.88 Å². The Labute approximate surface area is 191 Å². The van der Waals surface area contributed by atoms with Crippen LogP contribution in [0.25, 0.3) is 11.1 Å². The summed E-state index contributed by atoms with van der Waals surface area (Å²) in [6.45, 7) is 3.20. The van der Waals surface area contributed by atoms with Gasteiger partial charge in [-0.3, -0.25) is 9.80 Å². The molecule has 2 atom stereocenters. The van der Waals surface area contributed by atoms with Crippen molar-refractivity contribution in [1.29, 1.82) is 0 Å². The fourth-order valence-corrected chi connectivity index (χ4v) is 4.51. The van der Waals surface area contributed by atoms with E-state index in [1.54, 1.807) is 11.9 Å². The van der Waals surface area contributed by atoms with E-state index in [2.05, 4.69) is 10.1 Å². The summed E-state index contributed by atoms with van der Waals surface area (Å²) in [6, 6.07) is 16.6. The van der Waals surface area contributed by atoms with Crippen molar-refractivity contribution >= 4 is 34.4 Å². The largest absolute Gasteiger partial charge is 0.461 e. The molecule has 2 aliphatic rings. The van der Waals surface area contributed by atoms with E-state index in [1.807, 2.05) is 59.5 Å². The van der Waals surface area contributed by atoms with Crippen LogP contribution in [-0.2, 0) is 14.3 Å². The lowest BCUT2D eigenvalue weighted by Gasteiger charge is -2.34. The molecule has 8 heteroatoms. The van der Waals surface area contributed by atoms with E-state index < -0.39 is 12.0 Å². The standard InChI is InChI=1S/C25H26N4O4/c1-2-32-25(31)20-15-21(29(27-20)18-10-4-3-5-11-18)24(30)28-14-8-9-17(16-28)23-26-19-12-6-7-13-22(19)33-23/h3-7,10-13,17,21H,2,8-9,14-16H2,1H3. The van der Waals surface area contributed by atoms with E-state index in [0.717, 1.165) is 29.6 Å². The SMILES string of the molecule is CCOC(=O)C1=NN(c2ccccc2)C(C(=O)N2CCCC(c3nc4ccccc4o3)C2)C1. The fourth-order valence-electron chi connectivity index (χ4n) is 4.51. The Kier molecular flexibility index (Phi) is 5.81. The maximum Gasteiger partial charge on any atom is 0.354 e. The van der Waals surface area contributed by atoms with Gasteiger partial charge < -0.3 is 14.1 Å². The Morgan fingerprint density at radius 1 is 1.12 bits per heavy atom. The number of amides is 1. The van der Waals surface area contributed by atoms with Crippen LogP contribution < -0.4 is 5.01 Å². The zero-order chi connectivity index (χ0) is 22.8. The minimum Gasteiger partial charge on any atom is -0.461 e. The summed E-state index contributed by atoms with van der Waals surface area (Å²) in [5.41, 5.74) is 2.62. The number of carbonyl (C=O) groups is 2. The highest BCUT2D eigenvalue weighted by atomic mass is 16.5. The molecule has 1 aromatic heterocycles. The zero-order valence-corrected chi connectivity index (χ0v) is 18.5. The van der Waals surface area contributed by atoms with Crippen LogP contribution in [0.15, 0.2) is 64.1 Å². The van der Waals surface area contributed by atoms with Crippen LogP contribution >= 0.6 is 0 Å². The monoisotopic (exact) mass is 446 g/mol. The molecule has 0 bridgehead atoms. The number of rotatable bonds is 5. The molecule has 2 aliphatic heterocycles. The number of oxazole rings is 1. The Hall–Kier alpha value is -3.68. The molecule has 33 heavy (non-hydrogen) atoms. The molecule has 0 radical (unpaired) electrons. The lowest BCUT2D eigenvalue weighted by molar-refractivity contribution is -0.135. The smallest absolute Gasteiger partial charge is 0.354 e. The maximum atomic E-state index is 13.7. The van der Waals surface area contributed by atoms with Crippen LogP contribution in [0.3, 0.4) is 0 Å². The van der Waals surface area contributed by atoms with Crippen LogP contribution in [0.4, 0.5) is 5.69 Å². The molecule has 5 rings (SSSR count). The van der Waals surface area contributed by atoms with Crippen molar-refractivity contribution in [3.63, 3.8) is 0 Å². The highest BCUT2D eigenvalue weighted by molar-refractivity contribution is 6.38. The summed E-state index contributed by atoms with van der Waals surface area (Å²) in [5, 5.41) is 6.13. The van der Waals surface area contributed by atoms with Crippen LogP contribution in [0.2, 0.25) is 0 Å². The van der Waals surface area contributed by atoms with Crippen LogP contribution in [0.1, 0.15) is 38.0 Å². The van der Waals surface area contributed by atoms with Crippen molar-refractivity contribution in [2.75, 3.05) is 24.7 Å². The van der Waals surface area contributed by atoms with Crippen molar-refractivity contribution in [3.8, 4) is 0 Å². The molecule has 0 saturated carbocycles. The minimum absolute atomic E-state index is 0.0344. The molecule has 3 heterocycles. The molecule has 0 spiro atoms. The van der Waals surface area contributed by atoms with Gasteiger partial charge in [0, 0.05) is 19.5 Å². The highest BCUT2D eigenvalue weighted by Crippen LogP contribution is 2.31. The van der Waals surface area contributed by atoms with Gasteiger partial charge in [-0.05, 0) is 44.0 Å². The molecule has 2 aromatic carbocycles. The van der Waals surface area contributed by atoms with Gasteiger partial charge in [-0.2, -0.15) is 5.10 Å². The van der Waals surface area contributed by atoms with Gasteiger partial charge in [0.15, 0.2) is 11.5 Å². The first-order chi connectivity index (χ1) is 16.1. The molecule has 0 N–H and O–H groups in total. The number of benzene rings is 2. The summed E-state index contributed by atoms with van der Waals surface area (Å²) < 4.78 is 11.1. The second kappa shape index (κ2) is 9.05. The molecular weight excluding hydrogens is 420 g/mol. The third-order valence-corrected chi connectivity index (χ3v) is 6.12. The topological polar surface area (TPSA) is 88.2 Å². The molecule has 3 aromatic rings. The molecule has 170 valence electrons. The predicted octanol–water partition coefficient (Wildman–Crippen LogP) is 3.73. The number of esters is 1. The number of piperidine rings is 1. The van der Waals surface area contributed by atoms with E-state index in [9.17, 15) is 9.59 Å². The number of likely N-dealkylation sites (tertiary alicyclic amines) is 1. The lowest BCUT2D eigenvalue weighted by Crippen LogP contribution is -2.48. The number of ether oxygens (including phenoxy) is 1. The number of hydrogen-bond acceptors (Lipinski definition) is 7. The maximum absolute atomic E-state index is 13.7. The number of nitrogens with zero attached hydrogens (tertiary/aromatic N) is 4. The van der Waals surface area contributed by atoms with Crippen molar-refractivity contribution < 1.29 is 18.7 Å². The summed E-state index contributed by atoms with van der Waals surface area (Å²) >= 11 is 0. The molecular formula is C25H26N4O4. The van der Waals surface area contributed by atoms with E-state index in [1.165, 1.54) is 0 Å². The number of aromatic nitrogens is 1. The zero-order valence-electron chi connectivity index (χ0n) is 18.5. The van der Waals surface area contributed by atoms with Gasteiger partial charge in [0.2, 0.25) is 5.91 Å². The molecule has 8 nitrogen and oxygen atoms in total. The van der Waals surface area contributed by atoms with Crippen molar-refractivity contribution in [3.05, 3.63) is 60.5 Å². The third-order valence-electron chi connectivity index (χ3n) is 6.12. The number of hydrogen-bond donors (Lipinski definition) is 0. The first-order valence-corrected chi connectivity index (χ1v) is 11.4. The highest BCUT2D eigenvalue weighted by Gasteiger charge is 2.40. The van der Waals surface area contributed by atoms with Crippen LogP contribution in [-0.4, -0.2) is 53.2 Å². The van der Waals surface area contributed by atoms with Gasteiger partial charge in [0.1, 0.15) is 17.3 Å². The summed E-state index contributed by atoms with van der Waals surface area (Å²) in [5.74, 6) is 0.176. The van der Waals surface area contributed by atoms with E-state index in [0.29, 0.717) is 19.0 Å². The average molecular weight is 447 g/mol. The van der Waals surface area contributed by atoms with Gasteiger partial charge >= 0.3 is 5.97 Å². The summed E-state index contributed by atoms with van der Waals surface area (Å²) in [7, 11) is 0. The van der Waals surface area contributed by atoms with Crippen LogP contribution in [0, 0.1) is 0 Å². The second-order valence-electron chi connectivity index (χ2n) is 8.31. The molecule has 2 unspecified atom stereocenters. The number of carbonyl (C=O) groups excluding carboxylic acids is 2. The van der Waals surface area contributed by atoms with Gasteiger partial charge in [-0.15, -0.1) is 0 Å².